The molecule has 0 aromatic heterocycles. The second kappa shape index (κ2) is 9.65. The third-order valence-corrected chi connectivity index (χ3v) is 9.36. The summed E-state index contributed by atoms with van der Waals surface area (Å²) in [6, 6.07) is 2.02. The summed E-state index contributed by atoms with van der Waals surface area (Å²) in [7, 11) is 1.45. The van der Waals surface area contributed by atoms with Gasteiger partial charge in [-0.05, 0) is 71.0 Å². The van der Waals surface area contributed by atoms with Crippen LogP contribution in [0.1, 0.15) is 46.1 Å². The maximum Gasteiger partial charge on any atom is 0.240 e. The summed E-state index contributed by atoms with van der Waals surface area (Å²) in [5.74, 6) is 0.348. The fraction of sp³-hybridized carbons (Fsp3) is 0.720. The maximum absolute atomic E-state index is 14.8. The molecule has 3 saturated carbocycles. The summed E-state index contributed by atoms with van der Waals surface area (Å²) < 4.78 is 20.8. The number of ether oxygens (including phenoxy) is 1. The van der Waals surface area contributed by atoms with Crippen LogP contribution in [0.3, 0.4) is 0 Å². The van der Waals surface area contributed by atoms with Gasteiger partial charge in [-0.3, -0.25) is 9.63 Å². The summed E-state index contributed by atoms with van der Waals surface area (Å²) >= 11 is 3.38. The fourth-order valence-corrected chi connectivity index (χ4v) is 7.12. The number of fused-ring (bicyclic) bond motifs is 2. The first-order valence-electron chi connectivity index (χ1n) is 12.0. The zero-order chi connectivity index (χ0) is 24.9. The van der Waals surface area contributed by atoms with E-state index >= 15 is 0 Å². The Morgan fingerprint density at radius 1 is 1.41 bits per heavy atom. The Balaban J connectivity index is 1.60. The van der Waals surface area contributed by atoms with Crippen molar-refractivity contribution >= 4 is 21.8 Å². The molecular formula is C25H36BrFN2O5. The van der Waals surface area contributed by atoms with Crippen molar-refractivity contribution in [3.63, 3.8) is 0 Å². The van der Waals surface area contributed by atoms with Crippen molar-refractivity contribution in [3.05, 3.63) is 28.0 Å². The largest absolute Gasteiger partial charge is 0.495 e. The number of carbonyl (C=O) groups excluding carboxylic acids is 1. The van der Waals surface area contributed by atoms with E-state index in [-0.39, 0.29) is 30.7 Å². The maximum atomic E-state index is 14.8. The number of halogens is 2. The second-order valence-electron chi connectivity index (χ2n) is 10.8. The van der Waals surface area contributed by atoms with Crippen LogP contribution in [0, 0.1) is 34.9 Å². The predicted octanol–water partition coefficient (Wildman–Crippen LogP) is 3.26. The van der Waals surface area contributed by atoms with Gasteiger partial charge in [-0.2, -0.15) is 5.06 Å². The van der Waals surface area contributed by atoms with E-state index in [2.05, 4.69) is 42.0 Å². The lowest BCUT2D eigenvalue weighted by Gasteiger charge is -2.62. The quantitative estimate of drug-likeness (QED) is 0.489. The number of carbonyl (C=O) groups is 1. The Labute approximate surface area is 209 Å². The summed E-state index contributed by atoms with van der Waals surface area (Å²) in [5.41, 5.74) is 0.522. The van der Waals surface area contributed by atoms with Gasteiger partial charge in [0.05, 0.1) is 30.8 Å². The molecule has 1 aromatic carbocycles. The third kappa shape index (κ3) is 4.28. The van der Waals surface area contributed by atoms with Crippen molar-refractivity contribution in [1.29, 1.82) is 0 Å². The number of rotatable bonds is 7. The average Bonchev–Trinajstić information content (AvgIpc) is 3.16. The van der Waals surface area contributed by atoms with Crippen molar-refractivity contribution < 1.29 is 29.0 Å². The van der Waals surface area contributed by atoms with E-state index in [0.717, 1.165) is 6.42 Å². The van der Waals surface area contributed by atoms with Crippen LogP contribution < -0.4 is 10.1 Å². The van der Waals surface area contributed by atoms with Gasteiger partial charge in [-0.25, -0.2) is 4.39 Å². The Kier molecular flexibility index (Phi) is 7.33. The highest BCUT2D eigenvalue weighted by Gasteiger charge is 2.57. The van der Waals surface area contributed by atoms with Crippen molar-refractivity contribution in [3.8, 4) is 5.75 Å². The molecule has 4 fully saturated rings. The number of nitrogens with zero attached hydrogens (tertiary/aromatic N) is 1. The van der Waals surface area contributed by atoms with Crippen LogP contribution in [0.25, 0.3) is 0 Å². The van der Waals surface area contributed by atoms with Gasteiger partial charge in [-0.1, -0.05) is 20.8 Å². The van der Waals surface area contributed by atoms with Crippen LogP contribution in [0.2, 0.25) is 0 Å². The molecule has 0 spiro atoms. The molecule has 8 atom stereocenters. The molecule has 3 aliphatic carbocycles. The van der Waals surface area contributed by atoms with E-state index in [0.29, 0.717) is 33.4 Å². The number of amides is 1. The predicted molar refractivity (Wildman–Crippen MR) is 128 cm³/mol. The number of hydrogen-bond acceptors (Lipinski definition) is 6. The molecule has 3 N–H and O–H groups in total. The molecule has 0 radical (unpaired) electrons. The standard InChI is InChI=1S/C25H36BrFN2O5/c1-12-16-8-14(25(16,3)4)9-19(12)28-24(32)22-21(13(2)31)20(11-30)34-29(22)10-15-18(27)7-6-17(26)23(15)33-5/h6-7,12-14,16,19-22,30-31H,8-11H2,1-5H3,(H,28,32)/t12-,13-,14+,16-,19-,20-,21+,22?/m0/s1. The molecule has 1 aromatic rings. The smallest absolute Gasteiger partial charge is 0.240 e. The van der Waals surface area contributed by atoms with E-state index in [1.807, 2.05) is 0 Å². The SMILES string of the molecule is COc1c(Br)ccc(F)c1CN1O[C@@H](CO)[C@@H]([C@H](C)O)C1C(=O)N[C@H]1C[C@H]2C[C@@H]([C@@H]1C)C2(C)C. The minimum atomic E-state index is -0.914. The minimum absolute atomic E-state index is 0.0334. The molecule has 1 heterocycles. The van der Waals surface area contributed by atoms with E-state index < -0.39 is 30.0 Å². The van der Waals surface area contributed by atoms with Crippen molar-refractivity contribution in [2.75, 3.05) is 13.7 Å². The zero-order valence-corrected chi connectivity index (χ0v) is 22.0. The van der Waals surface area contributed by atoms with Gasteiger partial charge in [0.2, 0.25) is 5.91 Å². The molecule has 7 nitrogen and oxygen atoms in total. The summed E-state index contributed by atoms with van der Waals surface area (Å²) in [6.07, 6.45) is 0.418. The van der Waals surface area contributed by atoms with Crippen LogP contribution in [-0.2, 0) is 16.2 Å². The van der Waals surface area contributed by atoms with E-state index in [4.69, 9.17) is 9.57 Å². The van der Waals surface area contributed by atoms with Gasteiger partial charge in [-0.15, -0.1) is 0 Å². The van der Waals surface area contributed by atoms with Gasteiger partial charge in [0.1, 0.15) is 23.7 Å². The van der Waals surface area contributed by atoms with E-state index in [1.54, 1.807) is 13.0 Å². The number of hydroxylamine groups is 2. The highest BCUT2D eigenvalue weighted by molar-refractivity contribution is 9.10. The number of aliphatic hydroxyl groups excluding tert-OH is 2. The first kappa shape index (κ1) is 25.8. The molecule has 1 saturated heterocycles. The first-order valence-corrected chi connectivity index (χ1v) is 12.8. The summed E-state index contributed by atoms with van der Waals surface area (Å²) in [5, 5.41) is 25.1. The number of hydrogen-bond donors (Lipinski definition) is 3. The molecule has 2 bridgehead atoms. The van der Waals surface area contributed by atoms with Crippen LogP contribution >= 0.6 is 15.9 Å². The summed E-state index contributed by atoms with van der Waals surface area (Å²) in [4.78, 5) is 19.6. The molecule has 1 amide bonds. The highest BCUT2D eigenvalue weighted by Crippen LogP contribution is 2.61. The molecule has 190 valence electrons. The normalized spacial score (nSPS) is 35.5. The molecule has 1 aliphatic heterocycles. The van der Waals surface area contributed by atoms with Gasteiger partial charge < -0.3 is 20.3 Å². The number of aliphatic hydroxyl groups is 2. The van der Waals surface area contributed by atoms with Gasteiger partial charge in [0, 0.05) is 17.5 Å². The highest BCUT2D eigenvalue weighted by atomic mass is 79.9. The number of nitrogens with one attached hydrogen (secondary N) is 1. The van der Waals surface area contributed by atoms with Crippen LogP contribution in [0.15, 0.2) is 16.6 Å². The van der Waals surface area contributed by atoms with Crippen molar-refractivity contribution in [1.82, 2.24) is 10.4 Å². The van der Waals surface area contributed by atoms with E-state index in [9.17, 15) is 19.4 Å². The lowest BCUT2D eigenvalue weighted by Crippen LogP contribution is -2.62. The fourth-order valence-electron chi connectivity index (χ4n) is 6.58. The molecular weight excluding hydrogens is 507 g/mol. The average molecular weight is 543 g/mol. The second-order valence-corrected chi connectivity index (χ2v) is 11.6. The minimum Gasteiger partial charge on any atom is -0.495 e. The first-order chi connectivity index (χ1) is 16.0. The zero-order valence-electron chi connectivity index (χ0n) is 20.4. The third-order valence-electron chi connectivity index (χ3n) is 8.74. The van der Waals surface area contributed by atoms with Crippen LogP contribution in [-0.4, -0.2) is 59.2 Å². The Hall–Kier alpha value is -1.26. The van der Waals surface area contributed by atoms with Crippen LogP contribution in [0.4, 0.5) is 4.39 Å². The van der Waals surface area contributed by atoms with E-state index in [1.165, 1.54) is 24.7 Å². The lowest BCUT2D eigenvalue weighted by molar-refractivity contribution is -0.183. The number of benzene rings is 1. The molecule has 5 rings (SSSR count). The molecule has 1 unspecified atom stereocenters. The number of methoxy groups -OCH3 is 1. The Morgan fingerprint density at radius 3 is 2.68 bits per heavy atom. The summed E-state index contributed by atoms with van der Waals surface area (Å²) in [6.45, 7) is 7.95. The Bertz CT molecular complexity index is 929. The topological polar surface area (TPSA) is 91.3 Å². The lowest BCUT2D eigenvalue weighted by atomic mass is 9.45. The molecule has 34 heavy (non-hydrogen) atoms. The van der Waals surface area contributed by atoms with Crippen LogP contribution in [0.5, 0.6) is 5.75 Å². The molecule has 9 heteroatoms. The molecule has 4 aliphatic rings. The van der Waals surface area contributed by atoms with Crippen molar-refractivity contribution in [2.45, 2.75) is 71.4 Å². The monoisotopic (exact) mass is 542 g/mol. The van der Waals surface area contributed by atoms with Gasteiger partial charge >= 0.3 is 0 Å². The van der Waals surface area contributed by atoms with Gasteiger partial charge in [0.15, 0.2) is 0 Å². The van der Waals surface area contributed by atoms with Gasteiger partial charge in [0.25, 0.3) is 0 Å². The Morgan fingerprint density at radius 2 is 2.12 bits per heavy atom. The van der Waals surface area contributed by atoms with Crippen molar-refractivity contribution in [2.24, 2.45) is 29.1 Å².